The number of hydrogen-bond donors (Lipinski definition) is 3. The predicted molar refractivity (Wildman–Crippen MR) is 74.3 cm³/mol. The molecular formula is C13H20N4O2. The quantitative estimate of drug-likeness (QED) is 0.731. The standard InChI is InChI=1S/C13H20N4O2/c1-2-17-11(14)10(12(18)16-13(17)19)15-9(7-3-4-7)8-5-6-8/h7-9,15H,2-6,14H2,1H3,(H,16,18,19). The van der Waals surface area contributed by atoms with E-state index >= 15 is 0 Å². The Hall–Kier alpha value is -1.72. The van der Waals surface area contributed by atoms with Crippen LogP contribution in [0.25, 0.3) is 0 Å². The molecule has 0 aliphatic heterocycles. The summed E-state index contributed by atoms with van der Waals surface area (Å²) in [5.74, 6) is 1.57. The van der Waals surface area contributed by atoms with Crippen LogP contribution in [0.15, 0.2) is 9.59 Å². The summed E-state index contributed by atoms with van der Waals surface area (Å²) in [5, 5.41) is 3.31. The number of nitrogens with zero attached hydrogens (tertiary/aromatic N) is 1. The normalized spacial score (nSPS) is 18.8. The highest BCUT2D eigenvalue weighted by molar-refractivity contribution is 5.61. The second kappa shape index (κ2) is 4.43. The average Bonchev–Trinajstić information content (AvgIpc) is 3.23. The van der Waals surface area contributed by atoms with Gasteiger partial charge < -0.3 is 11.1 Å². The molecule has 1 aromatic rings. The molecule has 0 saturated heterocycles. The van der Waals surface area contributed by atoms with Crippen LogP contribution in [-0.4, -0.2) is 15.6 Å². The first-order chi connectivity index (χ1) is 9.11. The van der Waals surface area contributed by atoms with Gasteiger partial charge in [0, 0.05) is 12.6 Å². The van der Waals surface area contributed by atoms with Crippen molar-refractivity contribution in [2.24, 2.45) is 11.8 Å². The SMILES string of the molecule is CCn1c(N)c(NC(C2CC2)C2CC2)c(=O)[nH]c1=O. The van der Waals surface area contributed by atoms with Gasteiger partial charge in [-0.15, -0.1) is 0 Å². The summed E-state index contributed by atoms with van der Waals surface area (Å²) < 4.78 is 1.39. The molecule has 0 aromatic carbocycles. The second-order valence-corrected chi connectivity index (χ2v) is 5.61. The van der Waals surface area contributed by atoms with Crippen molar-refractivity contribution in [1.29, 1.82) is 0 Å². The van der Waals surface area contributed by atoms with Gasteiger partial charge in [-0.25, -0.2) is 4.79 Å². The maximum Gasteiger partial charge on any atom is 0.330 e. The van der Waals surface area contributed by atoms with Crippen LogP contribution in [0.3, 0.4) is 0 Å². The van der Waals surface area contributed by atoms with E-state index in [9.17, 15) is 9.59 Å². The number of aromatic amines is 1. The van der Waals surface area contributed by atoms with Crippen molar-refractivity contribution in [3.63, 3.8) is 0 Å². The Labute approximate surface area is 111 Å². The number of H-pyrrole nitrogens is 1. The van der Waals surface area contributed by atoms with Crippen molar-refractivity contribution >= 4 is 11.5 Å². The number of aromatic nitrogens is 2. The van der Waals surface area contributed by atoms with Gasteiger partial charge in [0.15, 0.2) is 0 Å². The largest absolute Gasteiger partial charge is 0.383 e. The Balaban J connectivity index is 1.95. The topological polar surface area (TPSA) is 92.9 Å². The first-order valence-electron chi connectivity index (χ1n) is 7.01. The highest BCUT2D eigenvalue weighted by Gasteiger charge is 2.42. The Bertz CT molecular complexity index is 584. The smallest absolute Gasteiger partial charge is 0.330 e. The summed E-state index contributed by atoms with van der Waals surface area (Å²) in [4.78, 5) is 25.9. The number of nitrogen functional groups attached to an aromatic ring is 1. The highest BCUT2D eigenvalue weighted by atomic mass is 16.2. The minimum absolute atomic E-state index is 0.252. The Morgan fingerprint density at radius 3 is 2.37 bits per heavy atom. The average molecular weight is 264 g/mol. The van der Waals surface area contributed by atoms with Crippen LogP contribution < -0.4 is 22.3 Å². The lowest BCUT2D eigenvalue weighted by Gasteiger charge is -2.20. The van der Waals surface area contributed by atoms with Gasteiger partial charge >= 0.3 is 5.69 Å². The minimum atomic E-state index is -0.440. The zero-order valence-corrected chi connectivity index (χ0v) is 11.1. The molecule has 1 aromatic heterocycles. The van der Waals surface area contributed by atoms with Gasteiger partial charge in [0.05, 0.1) is 0 Å². The van der Waals surface area contributed by atoms with E-state index in [2.05, 4.69) is 10.3 Å². The number of hydrogen-bond acceptors (Lipinski definition) is 4. The number of nitrogens with one attached hydrogen (secondary N) is 2. The maximum absolute atomic E-state index is 11.9. The van der Waals surface area contributed by atoms with E-state index in [1.807, 2.05) is 6.92 Å². The first-order valence-corrected chi connectivity index (χ1v) is 7.01. The second-order valence-electron chi connectivity index (χ2n) is 5.61. The first kappa shape index (κ1) is 12.3. The third-order valence-electron chi connectivity index (χ3n) is 4.13. The molecular weight excluding hydrogens is 244 g/mol. The molecule has 0 spiro atoms. The molecule has 6 nitrogen and oxygen atoms in total. The molecule has 2 fully saturated rings. The molecule has 2 saturated carbocycles. The van der Waals surface area contributed by atoms with Gasteiger partial charge in [0.25, 0.3) is 5.56 Å². The summed E-state index contributed by atoms with van der Waals surface area (Å²) in [5.41, 5.74) is 5.49. The zero-order valence-electron chi connectivity index (χ0n) is 11.1. The van der Waals surface area contributed by atoms with E-state index < -0.39 is 11.2 Å². The van der Waals surface area contributed by atoms with Gasteiger partial charge in [-0.05, 0) is 44.4 Å². The van der Waals surface area contributed by atoms with Gasteiger partial charge in [-0.2, -0.15) is 0 Å². The van der Waals surface area contributed by atoms with Crippen LogP contribution in [-0.2, 0) is 6.54 Å². The molecule has 2 aliphatic carbocycles. The van der Waals surface area contributed by atoms with Crippen molar-refractivity contribution in [2.45, 2.75) is 45.2 Å². The van der Waals surface area contributed by atoms with E-state index in [0.717, 1.165) is 0 Å². The molecule has 0 atom stereocenters. The molecule has 4 N–H and O–H groups in total. The van der Waals surface area contributed by atoms with Gasteiger partial charge in [-0.1, -0.05) is 0 Å². The van der Waals surface area contributed by atoms with Gasteiger partial charge in [-0.3, -0.25) is 14.3 Å². The summed E-state index contributed by atoms with van der Waals surface area (Å²) in [6.07, 6.45) is 4.89. The molecule has 0 radical (unpaired) electrons. The van der Waals surface area contributed by atoms with Gasteiger partial charge in [0.2, 0.25) is 0 Å². The Kier molecular flexibility index (Phi) is 2.88. The summed E-state index contributed by atoms with van der Waals surface area (Å²) in [6.45, 7) is 2.28. The van der Waals surface area contributed by atoms with Crippen LogP contribution in [0.5, 0.6) is 0 Å². The highest BCUT2D eigenvalue weighted by Crippen LogP contribution is 2.45. The fraction of sp³-hybridized carbons (Fsp3) is 0.692. The van der Waals surface area contributed by atoms with Crippen LogP contribution in [0, 0.1) is 11.8 Å². The predicted octanol–water partition coefficient (Wildman–Crippen LogP) is 0.739. The molecule has 6 heteroatoms. The lowest BCUT2D eigenvalue weighted by molar-refractivity contribution is 0.565. The lowest BCUT2D eigenvalue weighted by atomic mass is 10.1. The summed E-state index contributed by atoms with van der Waals surface area (Å²) in [6, 6.07) is 0.339. The molecule has 0 unspecified atom stereocenters. The molecule has 19 heavy (non-hydrogen) atoms. The fourth-order valence-corrected chi connectivity index (χ4v) is 2.74. The van der Waals surface area contributed by atoms with Crippen molar-refractivity contribution < 1.29 is 0 Å². The third-order valence-corrected chi connectivity index (χ3v) is 4.13. The van der Waals surface area contributed by atoms with E-state index in [-0.39, 0.29) is 5.82 Å². The molecule has 0 bridgehead atoms. The van der Waals surface area contributed by atoms with Gasteiger partial charge in [0.1, 0.15) is 11.5 Å². The third kappa shape index (κ3) is 2.27. The van der Waals surface area contributed by atoms with Crippen LogP contribution >= 0.6 is 0 Å². The minimum Gasteiger partial charge on any atom is -0.383 e. The summed E-state index contributed by atoms with van der Waals surface area (Å²) in [7, 11) is 0. The molecule has 0 amide bonds. The van der Waals surface area contributed by atoms with E-state index in [1.54, 1.807) is 0 Å². The fourth-order valence-electron chi connectivity index (χ4n) is 2.74. The number of nitrogens with two attached hydrogens (primary N) is 1. The lowest BCUT2D eigenvalue weighted by Crippen LogP contribution is -2.36. The molecule has 104 valence electrons. The van der Waals surface area contributed by atoms with Crippen molar-refractivity contribution in [3.8, 4) is 0 Å². The zero-order chi connectivity index (χ0) is 13.6. The van der Waals surface area contributed by atoms with Crippen molar-refractivity contribution in [1.82, 2.24) is 9.55 Å². The molecule has 2 aliphatic rings. The van der Waals surface area contributed by atoms with Crippen molar-refractivity contribution in [3.05, 3.63) is 20.8 Å². The van der Waals surface area contributed by atoms with E-state index in [4.69, 9.17) is 5.73 Å². The van der Waals surface area contributed by atoms with E-state index in [0.29, 0.717) is 30.1 Å². The Morgan fingerprint density at radius 1 is 1.32 bits per heavy atom. The van der Waals surface area contributed by atoms with Crippen LogP contribution in [0.4, 0.5) is 11.5 Å². The van der Waals surface area contributed by atoms with Crippen LogP contribution in [0.2, 0.25) is 0 Å². The maximum atomic E-state index is 11.9. The molecule has 3 rings (SSSR count). The number of anilines is 2. The monoisotopic (exact) mass is 264 g/mol. The summed E-state index contributed by atoms with van der Waals surface area (Å²) >= 11 is 0. The van der Waals surface area contributed by atoms with Crippen LogP contribution in [0.1, 0.15) is 32.6 Å². The number of rotatable bonds is 5. The van der Waals surface area contributed by atoms with Crippen molar-refractivity contribution in [2.75, 3.05) is 11.1 Å². The van der Waals surface area contributed by atoms with E-state index in [1.165, 1.54) is 30.3 Å². The molecule has 1 heterocycles. The Morgan fingerprint density at radius 2 is 1.89 bits per heavy atom.